The molecule has 5 nitrogen and oxygen atoms in total. The van der Waals surface area contributed by atoms with Crippen LogP contribution in [-0.4, -0.2) is 25.1 Å². The van der Waals surface area contributed by atoms with E-state index in [-0.39, 0.29) is 5.78 Å². The molecular weight excluding hydrogens is 438 g/mol. The Labute approximate surface area is 196 Å². The highest BCUT2D eigenvalue weighted by molar-refractivity contribution is 7.19. The molecule has 0 saturated carbocycles. The minimum absolute atomic E-state index is 0.00840. The van der Waals surface area contributed by atoms with Crippen LogP contribution in [-0.2, 0) is 22.4 Å². The fourth-order valence-electron chi connectivity index (χ4n) is 4.67. The van der Waals surface area contributed by atoms with Crippen LogP contribution in [0.2, 0.25) is 0 Å². The second-order valence-electron chi connectivity index (χ2n) is 9.57. The van der Waals surface area contributed by atoms with Gasteiger partial charge in [-0.1, -0.05) is 6.07 Å². The molecule has 0 spiro atoms. The normalized spacial score (nSPS) is 15.3. The SMILES string of the molecule is CC(=O)C(OC(C)(C)C)c1c(C)nc2sc3c(c2c1-c1ccc2nsnc2c1)CCCC3. The lowest BCUT2D eigenvalue weighted by atomic mass is 9.87. The van der Waals surface area contributed by atoms with Gasteiger partial charge < -0.3 is 4.74 Å². The molecule has 0 saturated heterocycles. The molecule has 166 valence electrons. The molecule has 1 aromatic carbocycles. The summed E-state index contributed by atoms with van der Waals surface area (Å²) in [5, 5.41) is 1.19. The summed E-state index contributed by atoms with van der Waals surface area (Å²) >= 11 is 3.03. The first-order valence-corrected chi connectivity index (χ1v) is 12.6. The average Bonchev–Trinajstić information content (AvgIpc) is 3.33. The van der Waals surface area contributed by atoms with E-state index in [1.807, 2.05) is 45.1 Å². The van der Waals surface area contributed by atoms with Crippen LogP contribution in [0.1, 0.15) is 68.3 Å². The van der Waals surface area contributed by atoms with Crippen LogP contribution in [0.5, 0.6) is 0 Å². The van der Waals surface area contributed by atoms with Crippen molar-refractivity contribution in [3.8, 4) is 11.1 Å². The number of aromatic nitrogens is 3. The summed E-state index contributed by atoms with van der Waals surface area (Å²) in [6.07, 6.45) is 3.89. The summed E-state index contributed by atoms with van der Waals surface area (Å²) in [6.45, 7) is 9.58. The number of carbonyl (C=O) groups excluding carboxylic acids is 1. The maximum atomic E-state index is 12.9. The fraction of sp³-hybridized carbons (Fsp3) is 0.440. The van der Waals surface area contributed by atoms with Gasteiger partial charge in [0.1, 0.15) is 22.0 Å². The number of benzene rings is 1. The molecule has 1 aliphatic carbocycles. The van der Waals surface area contributed by atoms with Gasteiger partial charge in [0.2, 0.25) is 0 Å². The van der Waals surface area contributed by atoms with E-state index in [1.165, 1.54) is 40.4 Å². The summed E-state index contributed by atoms with van der Waals surface area (Å²) in [7, 11) is 0. The van der Waals surface area contributed by atoms with Crippen molar-refractivity contribution >= 4 is 50.1 Å². The second kappa shape index (κ2) is 7.97. The Morgan fingerprint density at radius 2 is 1.88 bits per heavy atom. The molecule has 1 aliphatic rings. The molecular formula is C25H27N3O2S2. The monoisotopic (exact) mass is 465 g/mol. The summed E-state index contributed by atoms with van der Waals surface area (Å²) in [6, 6.07) is 6.21. The number of thiophene rings is 1. The third kappa shape index (κ3) is 3.76. The first-order valence-electron chi connectivity index (χ1n) is 11.1. The van der Waals surface area contributed by atoms with Crippen molar-refractivity contribution in [1.82, 2.24) is 13.7 Å². The molecule has 0 aliphatic heterocycles. The van der Waals surface area contributed by atoms with E-state index in [0.717, 1.165) is 51.1 Å². The molecule has 3 heterocycles. The number of fused-ring (bicyclic) bond motifs is 4. The molecule has 0 N–H and O–H groups in total. The van der Waals surface area contributed by atoms with E-state index in [2.05, 4.69) is 20.9 Å². The van der Waals surface area contributed by atoms with Crippen LogP contribution in [0.3, 0.4) is 0 Å². The number of hydrogen-bond acceptors (Lipinski definition) is 7. The predicted octanol–water partition coefficient (Wildman–Crippen LogP) is 6.60. The van der Waals surface area contributed by atoms with Gasteiger partial charge in [-0.05, 0) is 83.6 Å². The van der Waals surface area contributed by atoms with Crippen LogP contribution in [0.25, 0.3) is 32.4 Å². The summed E-state index contributed by atoms with van der Waals surface area (Å²) in [4.78, 5) is 20.4. The minimum atomic E-state index is -0.676. The Morgan fingerprint density at radius 1 is 1.12 bits per heavy atom. The van der Waals surface area contributed by atoms with Gasteiger partial charge in [0.25, 0.3) is 0 Å². The van der Waals surface area contributed by atoms with Crippen LogP contribution in [0, 0.1) is 6.92 Å². The number of hydrogen-bond donors (Lipinski definition) is 0. The number of ether oxygens (including phenoxy) is 1. The first-order chi connectivity index (χ1) is 15.2. The van der Waals surface area contributed by atoms with Crippen molar-refractivity contribution in [3.63, 3.8) is 0 Å². The lowest BCUT2D eigenvalue weighted by Gasteiger charge is -2.29. The third-order valence-electron chi connectivity index (χ3n) is 5.98. The van der Waals surface area contributed by atoms with E-state index in [4.69, 9.17) is 9.72 Å². The van der Waals surface area contributed by atoms with Gasteiger partial charge in [0, 0.05) is 27.1 Å². The van der Waals surface area contributed by atoms with Crippen LogP contribution < -0.4 is 0 Å². The lowest BCUT2D eigenvalue weighted by Crippen LogP contribution is -2.27. The van der Waals surface area contributed by atoms with Gasteiger partial charge in [0.05, 0.1) is 17.3 Å². The molecule has 7 heteroatoms. The molecule has 4 aromatic rings. The standard InChI is InChI=1S/C25H27N3O2S2/c1-13-20(23(14(2)29)30-25(3,4)5)21(15-10-11-17-18(12-15)28-32-27-17)22-16-8-6-7-9-19(16)31-24(22)26-13/h10-12,23H,6-9H2,1-5H3. The maximum Gasteiger partial charge on any atom is 0.163 e. The Balaban J connectivity index is 1.87. The zero-order valence-electron chi connectivity index (χ0n) is 19.1. The quantitative estimate of drug-likeness (QED) is 0.340. The van der Waals surface area contributed by atoms with E-state index in [1.54, 1.807) is 6.92 Å². The molecule has 0 bridgehead atoms. The number of Topliss-reactive ketones (excluding diaryl/α,β-unsaturated/α-hetero) is 1. The van der Waals surface area contributed by atoms with Crippen molar-refractivity contribution in [1.29, 1.82) is 0 Å². The second-order valence-corrected chi connectivity index (χ2v) is 11.2. The van der Waals surface area contributed by atoms with Crippen molar-refractivity contribution < 1.29 is 9.53 Å². The smallest absolute Gasteiger partial charge is 0.163 e. The van der Waals surface area contributed by atoms with Crippen LogP contribution >= 0.6 is 23.1 Å². The molecule has 5 rings (SSSR count). The number of pyridine rings is 1. The van der Waals surface area contributed by atoms with Crippen LogP contribution in [0.4, 0.5) is 0 Å². The zero-order valence-corrected chi connectivity index (χ0v) is 20.7. The lowest BCUT2D eigenvalue weighted by molar-refractivity contribution is -0.138. The van der Waals surface area contributed by atoms with Crippen molar-refractivity contribution in [2.75, 3.05) is 0 Å². The number of rotatable bonds is 4. The highest BCUT2D eigenvalue weighted by Gasteiger charge is 2.32. The van der Waals surface area contributed by atoms with Gasteiger partial charge in [-0.25, -0.2) is 4.98 Å². The predicted molar refractivity (Wildman–Crippen MR) is 132 cm³/mol. The molecule has 32 heavy (non-hydrogen) atoms. The number of aryl methyl sites for hydroxylation is 3. The average molecular weight is 466 g/mol. The van der Waals surface area contributed by atoms with Crippen molar-refractivity contribution in [2.45, 2.75) is 72.0 Å². The molecule has 1 unspecified atom stereocenters. The van der Waals surface area contributed by atoms with Crippen LogP contribution in [0.15, 0.2) is 18.2 Å². The minimum Gasteiger partial charge on any atom is -0.360 e. The fourth-order valence-corrected chi connectivity index (χ4v) is 6.51. The Kier molecular flexibility index (Phi) is 5.39. The maximum absolute atomic E-state index is 12.9. The zero-order chi connectivity index (χ0) is 22.6. The van der Waals surface area contributed by atoms with Gasteiger partial charge in [-0.3, -0.25) is 4.79 Å². The topological polar surface area (TPSA) is 65.0 Å². The summed E-state index contributed by atoms with van der Waals surface area (Å²) in [5.41, 5.74) is 6.56. The van der Waals surface area contributed by atoms with Gasteiger partial charge in [-0.2, -0.15) is 8.75 Å². The van der Waals surface area contributed by atoms with Crippen molar-refractivity contribution in [3.05, 3.63) is 39.9 Å². The van der Waals surface area contributed by atoms with Gasteiger partial charge in [0.15, 0.2) is 5.78 Å². The summed E-state index contributed by atoms with van der Waals surface area (Å²) in [5.74, 6) is -0.00840. The number of nitrogens with zero attached hydrogens (tertiary/aromatic N) is 3. The van der Waals surface area contributed by atoms with Crippen molar-refractivity contribution in [2.24, 2.45) is 0 Å². The molecule has 0 fully saturated rings. The van der Waals surface area contributed by atoms with E-state index in [0.29, 0.717) is 0 Å². The van der Waals surface area contributed by atoms with E-state index in [9.17, 15) is 4.79 Å². The molecule has 0 amide bonds. The highest BCUT2D eigenvalue weighted by Crippen LogP contribution is 2.46. The molecule has 0 radical (unpaired) electrons. The van der Waals surface area contributed by atoms with E-state index < -0.39 is 11.7 Å². The van der Waals surface area contributed by atoms with Gasteiger partial charge in [-0.15, -0.1) is 11.3 Å². The highest BCUT2D eigenvalue weighted by atomic mass is 32.1. The largest absolute Gasteiger partial charge is 0.360 e. The molecule has 1 atom stereocenters. The Morgan fingerprint density at radius 3 is 2.62 bits per heavy atom. The first kappa shape index (κ1) is 21.6. The van der Waals surface area contributed by atoms with E-state index >= 15 is 0 Å². The Bertz CT molecular complexity index is 1350. The Hall–Kier alpha value is -2.22. The molecule has 3 aromatic heterocycles. The number of carbonyl (C=O) groups is 1. The summed E-state index contributed by atoms with van der Waals surface area (Å²) < 4.78 is 15.2. The number of ketones is 1. The third-order valence-corrected chi connectivity index (χ3v) is 7.72. The van der Waals surface area contributed by atoms with Gasteiger partial charge >= 0.3 is 0 Å².